The van der Waals surface area contributed by atoms with Crippen molar-refractivity contribution in [3.05, 3.63) is 24.1 Å². The van der Waals surface area contributed by atoms with Crippen LogP contribution in [0.1, 0.15) is 5.76 Å². The van der Waals surface area contributed by atoms with Gasteiger partial charge < -0.3 is 24.4 Å². The molecule has 0 bridgehead atoms. The van der Waals surface area contributed by atoms with Gasteiger partial charge in [0.05, 0.1) is 34.1 Å². The summed E-state index contributed by atoms with van der Waals surface area (Å²) in [6, 6.07) is 3.54. The fourth-order valence-corrected chi connectivity index (χ4v) is 1.74. The largest absolute Gasteiger partial charge is 0.493 e. The number of nitrogens with zero attached hydrogens (tertiary/aromatic N) is 1. The summed E-state index contributed by atoms with van der Waals surface area (Å²) >= 11 is 0. The van der Waals surface area contributed by atoms with Gasteiger partial charge in [-0.3, -0.25) is 0 Å². The number of nitrogens with two attached hydrogens (primary N) is 1. The molecule has 0 spiro atoms. The van der Waals surface area contributed by atoms with Crippen molar-refractivity contribution in [2.24, 2.45) is 5.73 Å². The molecule has 0 amide bonds. The van der Waals surface area contributed by atoms with E-state index in [2.05, 4.69) is 4.98 Å². The third kappa shape index (κ3) is 2.48. The Hall–Kier alpha value is -2.21. The molecule has 0 aliphatic heterocycles. The molecule has 0 saturated heterocycles. The van der Waals surface area contributed by atoms with Crippen molar-refractivity contribution in [2.75, 3.05) is 21.3 Å². The minimum Gasteiger partial charge on any atom is -0.493 e. The van der Waals surface area contributed by atoms with Gasteiger partial charge in [0.1, 0.15) is 5.76 Å². The number of oxazole rings is 1. The molecular formula is C13H16N2O4. The van der Waals surface area contributed by atoms with Crippen LogP contribution < -0.4 is 19.9 Å². The number of ether oxygens (including phenoxy) is 3. The smallest absolute Gasteiger partial charge is 0.226 e. The van der Waals surface area contributed by atoms with E-state index in [0.717, 1.165) is 5.56 Å². The molecule has 6 heteroatoms. The molecule has 0 aliphatic rings. The summed E-state index contributed by atoms with van der Waals surface area (Å²) in [5.74, 6) is 2.69. The quantitative estimate of drug-likeness (QED) is 0.887. The molecular weight excluding hydrogens is 248 g/mol. The average molecular weight is 264 g/mol. The van der Waals surface area contributed by atoms with Crippen molar-refractivity contribution in [3.63, 3.8) is 0 Å². The minimum atomic E-state index is 0.303. The molecule has 19 heavy (non-hydrogen) atoms. The van der Waals surface area contributed by atoms with Crippen LogP contribution in [0.3, 0.4) is 0 Å². The van der Waals surface area contributed by atoms with E-state index in [-0.39, 0.29) is 0 Å². The van der Waals surface area contributed by atoms with E-state index in [1.165, 1.54) is 0 Å². The van der Waals surface area contributed by atoms with E-state index >= 15 is 0 Å². The minimum absolute atomic E-state index is 0.303. The maximum atomic E-state index is 5.50. The van der Waals surface area contributed by atoms with Gasteiger partial charge in [0.2, 0.25) is 11.6 Å². The molecule has 2 aromatic rings. The van der Waals surface area contributed by atoms with Gasteiger partial charge in [-0.15, -0.1) is 0 Å². The number of rotatable bonds is 5. The Bertz CT molecular complexity index is 541. The summed E-state index contributed by atoms with van der Waals surface area (Å²) in [5, 5.41) is 0. The predicted molar refractivity (Wildman–Crippen MR) is 69.5 cm³/mol. The van der Waals surface area contributed by atoms with E-state index in [1.54, 1.807) is 39.7 Å². The number of methoxy groups -OCH3 is 3. The summed E-state index contributed by atoms with van der Waals surface area (Å²) in [6.07, 6.45) is 1.60. The molecule has 0 fully saturated rings. The van der Waals surface area contributed by atoms with E-state index in [0.29, 0.717) is 35.4 Å². The number of aromatic nitrogens is 1. The molecule has 6 nitrogen and oxygen atoms in total. The monoisotopic (exact) mass is 264 g/mol. The third-order valence-electron chi connectivity index (χ3n) is 2.67. The Morgan fingerprint density at radius 1 is 1.11 bits per heavy atom. The van der Waals surface area contributed by atoms with Gasteiger partial charge in [0.15, 0.2) is 11.5 Å². The maximum absolute atomic E-state index is 5.50. The summed E-state index contributed by atoms with van der Waals surface area (Å²) < 4.78 is 21.3. The Morgan fingerprint density at radius 3 is 2.16 bits per heavy atom. The van der Waals surface area contributed by atoms with E-state index in [1.807, 2.05) is 0 Å². The Labute approximate surface area is 111 Å². The van der Waals surface area contributed by atoms with Crippen LogP contribution in [0.25, 0.3) is 11.5 Å². The zero-order chi connectivity index (χ0) is 13.8. The summed E-state index contributed by atoms with van der Waals surface area (Å²) in [7, 11) is 4.67. The predicted octanol–water partition coefficient (Wildman–Crippen LogP) is 1.83. The van der Waals surface area contributed by atoms with Crippen molar-refractivity contribution in [3.8, 4) is 28.7 Å². The van der Waals surface area contributed by atoms with Crippen LogP contribution in [0.15, 0.2) is 22.7 Å². The van der Waals surface area contributed by atoms with Crippen LogP contribution in [0.2, 0.25) is 0 Å². The first-order valence-electron chi connectivity index (χ1n) is 5.68. The fourth-order valence-electron chi connectivity index (χ4n) is 1.74. The topological polar surface area (TPSA) is 79.7 Å². The highest BCUT2D eigenvalue weighted by atomic mass is 16.5. The molecule has 102 valence electrons. The highest BCUT2D eigenvalue weighted by Gasteiger charge is 2.16. The summed E-state index contributed by atoms with van der Waals surface area (Å²) in [5.41, 5.74) is 6.23. The normalized spacial score (nSPS) is 10.3. The van der Waals surface area contributed by atoms with Gasteiger partial charge in [-0.05, 0) is 12.1 Å². The van der Waals surface area contributed by atoms with Gasteiger partial charge in [0.25, 0.3) is 0 Å². The molecule has 2 N–H and O–H groups in total. The maximum Gasteiger partial charge on any atom is 0.226 e. The summed E-state index contributed by atoms with van der Waals surface area (Å²) in [4.78, 5) is 4.16. The first-order chi connectivity index (χ1) is 9.23. The zero-order valence-corrected chi connectivity index (χ0v) is 11.1. The molecule has 0 saturated carbocycles. The highest BCUT2D eigenvalue weighted by Crippen LogP contribution is 2.40. The van der Waals surface area contributed by atoms with Crippen molar-refractivity contribution in [2.45, 2.75) is 6.54 Å². The van der Waals surface area contributed by atoms with Crippen LogP contribution >= 0.6 is 0 Å². The van der Waals surface area contributed by atoms with Crippen LogP contribution in [0.5, 0.6) is 17.2 Å². The SMILES string of the molecule is COc1cc(-c2ncc(CN)o2)cc(OC)c1OC. The number of hydrogen-bond acceptors (Lipinski definition) is 6. The lowest BCUT2D eigenvalue weighted by molar-refractivity contribution is 0.324. The summed E-state index contributed by atoms with van der Waals surface area (Å²) in [6.45, 7) is 0.303. The average Bonchev–Trinajstić information content (AvgIpc) is 2.94. The van der Waals surface area contributed by atoms with Gasteiger partial charge >= 0.3 is 0 Å². The van der Waals surface area contributed by atoms with Crippen LogP contribution in [-0.4, -0.2) is 26.3 Å². The van der Waals surface area contributed by atoms with E-state index in [9.17, 15) is 0 Å². The van der Waals surface area contributed by atoms with Crippen LogP contribution in [-0.2, 0) is 6.54 Å². The van der Waals surface area contributed by atoms with E-state index in [4.69, 9.17) is 24.4 Å². The number of hydrogen-bond donors (Lipinski definition) is 1. The zero-order valence-electron chi connectivity index (χ0n) is 11.1. The van der Waals surface area contributed by atoms with Crippen molar-refractivity contribution in [1.82, 2.24) is 4.98 Å². The lowest BCUT2D eigenvalue weighted by Crippen LogP contribution is -1.95. The first-order valence-corrected chi connectivity index (χ1v) is 5.68. The van der Waals surface area contributed by atoms with Crippen LogP contribution in [0.4, 0.5) is 0 Å². The van der Waals surface area contributed by atoms with Gasteiger partial charge in [-0.25, -0.2) is 4.98 Å². The first kappa shape index (κ1) is 13.2. The molecule has 2 rings (SSSR count). The molecule has 1 aromatic heterocycles. The fraction of sp³-hybridized carbons (Fsp3) is 0.308. The second kappa shape index (κ2) is 5.62. The standard InChI is InChI=1S/C13H16N2O4/c1-16-10-4-8(5-11(17-2)12(10)18-3)13-15-7-9(6-14)19-13/h4-5,7H,6,14H2,1-3H3. The highest BCUT2D eigenvalue weighted by molar-refractivity contribution is 5.65. The molecule has 0 atom stereocenters. The molecule has 0 radical (unpaired) electrons. The van der Waals surface area contributed by atoms with E-state index < -0.39 is 0 Å². The second-order valence-corrected chi connectivity index (χ2v) is 3.75. The Kier molecular flexibility index (Phi) is 3.91. The number of benzene rings is 1. The van der Waals surface area contributed by atoms with Crippen molar-refractivity contribution in [1.29, 1.82) is 0 Å². The molecule has 0 unspecified atom stereocenters. The van der Waals surface area contributed by atoms with Crippen LogP contribution in [0, 0.1) is 0 Å². The molecule has 1 heterocycles. The molecule has 0 aliphatic carbocycles. The third-order valence-corrected chi connectivity index (χ3v) is 2.67. The second-order valence-electron chi connectivity index (χ2n) is 3.75. The Balaban J connectivity index is 2.51. The van der Waals surface area contributed by atoms with Crippen molar-refractivity contribution < 1.29 is 18.6 Å². The van der Waals surface area contributed by atoms with Crippen molar-refractivity contribution >= 4 is 0 Å². The lowest BCUT2D eigenvalue weighted by atomic mass is 10.2. The molecule has 1 aromatic carbocycles. The van der Waals surface area contributed by atoms with Gasteiger partial charge in [0, 0.05) is 5.56 Å². The lowest BCUT2D eigenvalue weighted by Gasteiger charge is -2.12. The Morgan fingerprint density at radius 2 is 1.74 bits per heavy atom. The van der Waals surface area contributed by atoms with Gasteiger partial charge in [-0.1, -0.05) is 0 Å². The van der Waals surface area contributed by atoms with Gasteiger partial charge in [-0.2, -0.15) is 0 Å².